The molecule has 16 heavy (non-hydrogen) atoms. The number of aromatic nitrogens is 1. The number of halogens is 1. The van der Waals surface area contributed by atoms with Crippen LogP contribution in [0.25, 0.3) is 10.9 Å². The van der Waals surface area contributed by atoms with Crippen LogP contribution in [-0.4, -0.2) is 11.0 Å². The summed E-state index contributed by atoms with van der Waals surface area (Å²) in [7, 11) is 0. The number of hydrogen-bond acceptors (Lipinski definition) is 1. The van der Waals surface area contributed by atoms with Crippen LogP contribution in [0.15, 0.2) is 18.2 Å². The third-order valence-electron chi connectivity index (χ3n) is 3.92. The van der Waals surface area contributed by atoms with Gasteiger partial charge in [-0.1, -0.05) is 0 Å². The SMILES string of the molecule is Fc1ccc2[nH]c3c(c2c1)[C@H]1CC[C@@H](C3)N1. The monoisotopic (exact) mass is 216 g/mol. The first-order valence-corrected chi connectivity index (χ1v) is 5.87. The van der Waals surface area contributed by atoms with E-state index in [0.717, 1.165) is 17.3 Å². The highest BCUT2D eigenvalue weighted by atomic mass is 19.1. The molecule has 2 aromatic rings. The molecule has 2 aliphatic heterocycles. The van der Waals surface area contributed by atoms with Crippen molar-refractivity contribution in [2.45, 2.75) is 31.3 Å². The van der Waals surface area contributed by atoms with E-state index in [2.05, 4.69) is 10.3 Å². The summed E-state index contributed by atoms with van der Waals surface area (Å²) in [6.07, 6.45) is 3.48. The van der Waals surface area contributed by atoms with Gasteiger partial charge >= 0.3 is 0 Å². The van der Waals surface area contributed by atoms with E-state index in [0.29, 0.717) is 12.1 Å². The van der Waals surface area contributed by atoms with Gasteiger partial charge in [-0.15, -0.1) is 0 Å². The summed E-state index contributed by atoms with van der Waals surface area (Å²) in [4.78, 5) is 3.44. The van der Waals surface area contributed by atoms with E-state index < -0.39 is 0 Å². The van der Waals surface area contributed by atoms with Crippen molar-refractivity contribution in [3.8, 4) is 0 Å². The third-order valence-corrected chi connectivity index (χ3v) is 3.92. The van der Waals surface area contributed by atoms with Crippen LogP contribution in [0.4, 0.5) is 4.39 Å². The summed E-state index contributed by atoms with van der Waals surface area (Å²) in [6.45, 7) is 0. The molecule has 82 valence electrons. The molecule has 1 aromatic heterocycles. The Balaban J connectivity index is 2.03. The van der Waals surface area contributed by atoms with E-state index in [4.69, 9.17) is 0 Å². The van der Waals surface area contributed by atoms with E-state index in [1.54, 1.807) is 6.07 Å². The van der Waals surface area contributed by atoms with Gasteiger partial charge in [0.05, 0.1) is 0 Å². The molecule has 0 amide bonds. The zero-order valence-electron chi connectivity index (χ0n) is 8.89. The van der Waals surface area contributed by atoms with Gasteiger partial charge in [0.2, 0.25) is 0 Å². The number of aromatic amines is 1. The number of hydrogen-bond donors (Lipinski definition) is 2. The molecule has 1 saturated heterocycles. The Morgan fingerprint density at radius 2 is 2.19 bits per heavy atom. The zero-order valence-corrected chi connectivity index (χ0v) is 8.89. The average Bonchev–Trinajstić information content (AvgIpc) is 2.81. The van der Waals surface area contributed by atoms with Gasteiger partial charge in [0.25, 0.3) is 0 Å². The molecule has 2 atom stereocenters. The molecule has 2 N–H and O–H groups in total. The lowest BCUT2D eigenvalue weighted by Crippen LogP contribution is -2.31. The zero-order chi connectivity index (χ0) is 10.7. The highest BCUT2D eigenvalue weighted by Gasteiger charge is 2.34. The van der Waals surface area contributed by atoms with Crippen LogP contribution < -0.4 is 5.32 Å². The number of H-pyrrole nitrogens is 1. The highest BCUT2D eigenvalue weighted by molar-refractivity contribution is 5.85. The van der Waals surface area contributed by atoms with Gasteiger partial charge in [-0.25, -0.2) is 4.39 Å². The Bertz CT molecular complexity index is 573. The second-order valence-electron chi connectivity index (χ2n) is 4.90. The van der Waals surface area contributed by atoms with Gasteiger partial charge in [-0.05, 0) is 36.6 Å². The summed E-state index contributed by atoms with van der Waals surface area (Å²) >= 11 is 0. The molecule has 2 nitrogen and oxygen atoms in total. The van der Waals surface area contributed by atoms with Crippen molar-refractivity contribution in [3.63, 3.8) is 0 Å². The molecule has 2 aliphatic rings. The molecule has 0 spiro atoms. The van der Waals surface area contributed by atoms with Crippen LogP contribution in [0, 0.1) is 5.82 Å². The van der Waals surface area contributed by atoms with Crippen LogP contribution >= 0.6 is 0 Å². The molecule has 0 saturated carbocycles. The van der Waals surface area contributed by atoms with Crippen LogP contribution in [0.2, 0.25) is 0 Å². The lowest BCUT2D eigenvalue weighted by molar-refractivity contribution is 0.513. The van der Waals surface area contributed by atoms with Gasteiger partial charge in [0.1, 0.15) is 5.82 Å². The van der Waals surface area contributed by atoms with Gasteiger partial charge in [-0.2, -0.15) is 0 Å². The minimum atomic E-state index is -0.144. The summed E-state index contributed by atoms with van der Waals surface area (Å²) in [5.41, 5.74) is 3.69. The van der Waals surface area contributed by atoms with Gasteiger partial charge in [0, 0.05) is 35.1 Å². The summed E-state index contributed by atoms with van der Waals surface area (Å²) in [5.74, 6) is -0.144. The van der Waals surface area contributed by atoms with Crippen molar-refractivity contribution >= 4 is 10.9 Å². The van der Waals surface area contributed by atoms with Crippen molar-refractivity contribution in [2.75, 3.05) is 0 Å². The molecule has 3 heteroatoms. The normalized spacial score (nSPS) is 27.3. The van der Waals surface area contributed by atoms with E-state index in [1.165, 1.54) is 30.2 Å². The molecule has 0 unspecified atom stereocenters. The molecular formula is C13H13FN2. The average molecular weight is 216 g/mol. The van der Waals surface area contributed by atoms with Crippen molar-refractivity contribution in [1.82, 2.24) is 10.3 Å². The third kappa shape index (κ3) is 1.04. The first kappa shape index (κ1) is 8.76. The molecular weight excluding hydrogens is 203 g/mol. The first-order chi connectivity index (χ1) is 7.81. The maximum absolute atomic E-state index is 13.3. The lowest BCUT2D eigenvalue weighted by Gasteiger charge is -2.21. The van der Waals surface area contributed by atoms with E-state index in [-0.39, 0.29) is 5.82 Å². The Morgan fingerprint density at radius 1 is 1.25 bits per heavy atom. The van der Waals surface area contributed by atoms with Crippen LogP contribution in [0.3, 0.4) is 0 Å². The van der Waals surface area contributed by atoms with Gasteiger partial charge < -0.3 is 10.3 Å². The number of fused-ring (bicyclic) bond motifs is 6. The molecule has 1 aromatic carbocycles. The molecule has 0 aliphatic carbocycles. The Kier molecular flexibility index (Phi) is 1.56. The number of rotatable bonds is 0. The Labute approximate surface area is 92.9 Å². The number of benzene rings is 1. The second-order valence-corrected chi connectivity index (χ2v) is 4.90. The summed E-state index contributed by atoms with van der Waals surface area (Å²) in [5, 5.41) is 4.66. The van der Waals surface area contributed by atoms with Crippen molar-refractivity contribution < 1.29 is 4.39 Å². The summed E-state index contributed by atoms with van der Waals surface area (Å²) < 4.78 is 13.3. The standard InChI is InChI=1S/C13H13FN2/c14-7-1-3-10-9(5-7)13-11-4-2-8(15-11)6-12(13)16-10/h1,3,5,8,11,15-16H,2,4,6H2/t8-,11+/m0/s1. The first-order valence-electron chi connectivity index (χ1n) is 5.87. The molecule has 3 heterocycles. The smallest absolute Gasteiger partial charge is 0.123 e. The maximum Gasteiger partial charge on any atom is 0.123 e. The molecule has 2 bridgehead atoms. The predicted octanol–water partition coefficient (Wildman–Crippen LogP) is 2.66. The fourth-order valence-corrected chi connectivity index (χ4v) is 3.25. The number of nitrogens with one attached hydrogen (secondary N) is 2. The predicted molar refractivity (Wildman–Crippen MR) is 60.9 cm³/mol. The van der Waals surface area contributed by atoms with Gasteiger partial charge in [0.15, 0.2) is 0 Å². The van der Waals surface area contributed by atoms with Crippen molar-refractivity contribution in [1.29, 1.82) is 0 Å². The Morgan fingerprint density at radius 3 is 3.12 bits per heavy atom. The highest BCUT2D eigenvalue weighted by Crippen LogP contribution is 2.40. The van der Waals surface area contributed by atoms with Crippen molar-refractivity contribution in [3.05, 3.63) is 35.3 Å². The molecule has 0 radical (unpaired) electrons. The van der Waals surface area contributed by atoms with E-state index in [9.17, 15) is 4.39 Å². The van der Waals surface area contributed by atoms with E-state index >= 15 is 0 Å². The minimum absolute atomic E-state index is 0.144. The second kappa shape index (κ2) is 2.86. The molecule has 4 rings (SSSR count). The fourth-order valence-electron chi connectivity index (χ4n) is 3.25. The Hall–Kier alpha value is -1.35. The van der Waals surface area contributed by atoms with Gasteiger partial charge in [-0.3, -0.25) is 0 Å². The minimum Gasteiger partial charge on any atom is -0.358 e. The van der Waals surface area contributed by atoms with Crippen LogP contribution in [-0.2, 0) is 6.42 Å². The molecule has 1 fully saturated rings. The quantitative estimate of drug-likeness (QED) is 0.696. The van der Waals surface area contributed by atoms with Crippen molar-refractivity contribution in [2.24, 2.45) is 0 Å². The largest absolute Gasteiger partial charge is 0.358 e. The topological polar surface area (TPSA) is 27.8 Å². The maximum atomic E-state index is 13.3. The van der Waals surface area contributed by atoms with E-state index in [1.807, 2.05) is 6.07 Å². The lowest BCUT2D eigenvalue weighted by atomic mass is 9.99. The fraction of sp³-hybridized carbons (Fsp3) is 0.385. The summed E-state index contributed by atoms with van der Waals surface area (Å²) in [6, 6.07) is 6.08. The van der Waals surface area contributed by atoms with Crippen LogP contribution in [0.5, 0.6) is 0 Å². The van der Waals surface area contributed by atoms with Crippen LogP contribution in [0.1, 0.15) is 30.1 Å².